The Labute approximate surface area is 135 Å². The third-order valence-corrected chi connectivity index (χ3v) is 4.62. The molecule has 3 rings (SSSR count). The maximum Gasteiger partial charge on any atom is 0.256 e. The second-order valence-electron chi connectivity index (χ2n) is 6.35. The van der Waals surface area contributed by atoms with E-state index in [0.29, 0.717) is 37.5 Å². The van der Waals surface area contributed by atoms with Crippen molar-refractivity contribution in [3.05, 3.63) is 29.1 Å². The van der Waals surface area contributed by atoms with Crippen molar-refractivity contribution in [3.63, 3.8) is 0 Å². The van der Waals surface area contributed by atoms with Crippen molar-refractivity contribution in [1.29, 1.82) is 0 Å². The number of nitrogens with zero attached hydrogens (tertiary/aromatic N) is 1. The minimum atomic E-state index is -0.563. The van der Waals surface area contributed by atoms with Crippen LogP contribution in [0.15, 0.2) is 12.1 Å². The Morgan fingerprint density at radius 3 is 3.04 bits per heavy atom. The minimum absolute atomic E-state index is 0.109. The molecule has 5 nitrogen and oxygen atoms in total. The number of hydrogen-bond acceptors (Lipinski definition) is 3. The van der Waals surface area contributed by atoms with Gasteiger partial charge in [-0.2, -0.15) is 0 Å². The van der Waals surface area contributed by atoms with Crippen molar-refractivity contribution in [2.75, 3.05) is 32.0 Å². The summed E-state index contributed by atoms with van der Waals surface area (Å²) in [4.78, 5) is 25.8. The van der Waals surface area contributed by atoms with Crippen molar-refractivity contribution in [2.24, 2.45) is 5.92 Å². The van der Waals surface area contributed by atoms with Crippen LogP contribution in [0.3, 0.4) is 0 Å². The number of aryl methyl sites for hydroxylation is 1. The van der Waals surface area contributed by atoms with E-state index in [1.165, 1.54) is 6.07 Å². The van der Waals surface area contributed by atoms with Gasteiger partial charge in [0, 0.05) is 25.2 Å². The molecule has 0 aromatic heterocycles. The Morgan fingerprint density at radius 1 is 1.43 bits per heavy atom. The molecule has 0 radical (unpaired) electrons. The number of fused-ring (bicyclic) bond motifs is 1. The number of likely N-dealkylation sites (tertiary alicyclic amines) is 1. The molecule has 0 bridgehead atoms. The van der Waals surface area contributed by atoms with Crippen LogP contribution in [-0.4, -0.2) is 43.4 Å². The molecule has 0 aliphatic carbocycles. The van der Waals surface area contributed by atoms with Crippen molar-refractivity contribution in [1.82, 2.24) is 10.2 Å². The van der Waals surface area contributed by atoms with Crippen LogP contribution in [0.2, 0.25) is 0 Å². The predicted octanol–water partition coefficient (Wildman–Crippen LogP) is 1.78. The fraction of sp³-hybridized carbons (Fsp3) is 0.529. The standard InChI is InChI=1S/C17H22FN3O2/c1-19-9-11-3-2-6-21(10-11)17(23)13-7-12-4-5-16(22)20-15(12)8-14(13)18/h7-8,11,19H,2-6,9-10H2,1H3,(H,20,22). The van der Waals surface area contributed by atoms with Crippen LogP contribution in [0.1, 0.15) is 35.2 Å². The Morgan fingerprint density at radius 2 is 2.26 bits per heavy atom. The van der Waals surface area contributed by atoms with Gasteiger partial charge in [-0.1, -0.05) is 0 Å². The normalized spacial score (nSPS) is 20.9. The van der Waals surface area contributed by atoms with Gasteiger partial charge in [-0.25, -0.2) is 4.39 Å². The number of anilines is 1. The van der Waals surface area contributed by atoms with E-state index in [1.807, 2.05) is 7.05 Å². The number of carbonyl (C=O) groups excluding carboxylic acids is 2. The zero-order valence-corrected chi connectivity index (χ0v) is 13.3. The molecule has 2 heterocycles. The fourth-order valence-electron chi connectivity index (χ4n) is 3.44. The lowest BCUT2D eigenvalue weighted by atomic mass is 9.96. The molecule has 2 aliphatic heterocycles. The zero-order valence-electron chi connectivity index (χ0n) is 13.3. The van der Waals surface area contributed by atoms with E-state index in [-0.39, 0.29) is 17.4 Å². The number of benzene rings is 1. The van der Waals surface area contributed by atoms with Gasteiger partial charge >= 0.3 is 0 Å². The maximum absolute atomic E-state index is 14.3. The van der Waals surface area contributed by atoms with E-state index >= 15 is 0 Å². The lowest BCUT2D eigenvalue weighted by Crippen LogP contribution is -2.42. The Balaban J connectivity index is 1.81. The number of hydrogen-bond donors (Lipinski definition) is 2. The lowest BCUT2D eigenvalue weighted by Gasteiger charge is -2.33. The highest BCUT2D eigenvalue weighted by molar-refractivity contribution is 5.98. The average molecular weight is 319 g/mol. The quantitative estimate of drug-likeness (QED) is 0.893. The predicted molar refractivity (Wildman–Crippen MR) is 85.9 cm³/mol. The number of rotatable bonds is 3. The van der Waals surface area contributed by atoms with Gasteiger partial charge in [-0.15, -0.1) is 0 Å². The molecule has 0 saturated carbocycles. The second kappa shape index (κ2) is 6.66. The largest absolute Gasteiger partial charge is 0.338 e. The summed E-state index contributed by atoms with van der Waals surface area (Å²) in [5.74, 6) is -0.505. The third kappa shape index (κ3) is 3.37. The number of carbonyl (C=O) groups is 2. The highest BCUT2D eigenvalue weighted by Crippen LogP contribution is 2.27. The fourth-order valence-corrected chi connectivity index (χ4v) is 3.44. The van der Waals surface area contributed by atoms with E-state index in [1.54, 1.807) is 11.0 Å². The molecule has 23 heavy (non-hydrogen) atoms. The second-order valence-corrected chi connectivity index (χ2v) is 6.35. The van der Waals surface area contributed by atoms with E-state index in [4.69, 9.17) is 0 Å². The average Bonchev–Trinajstić information content (AvgIpc) is 2.54. The first-order chi connectivity index (χ1) is 11.1. The SMILES string of the molecule is CNCC1CCCN(C(=O)c2cc3c(cc2F)NC(=O)CC3)C1. The first-order valence-corrected chi connectivity index (χ1v) is 8.14. The lowest BCUT2D eigenvalue weighted by molar-refractivity contribution is -0.116. The van der Waals surface area contributed by atoms with E-state index in [9.17, 15) is 14.0 Å². The van der Waals surface area contributed by atoms with Gasteiger partial charge in [-0.3, -0.25) is 9.59 Å². The molecule has 2 N–H and O–H groups in total. The van der Waals surface area contributed by atoms with Crippen LogP contribution in [-0.2, 0) is 11.2 Å². The topological polar surface area (TPSA) is 61.4 Å². The monoisotopic (exact) mass is 319 g/mol. The van der Waals surface area contributed by atoms with E-state index in [2.05, 4.69) is 10.6 Å². The van der Waals surface area contributed by atoms with Crippen LogP contribution in [0.25, 0.3) is 0 Å². The smallest absolute Gasteiger partial charge is 0.256 e. The van der Waals surface area contributed by atoms with Crippen molar-refractivity contribution >= 4 is 17.5 Å². The number of piperidine rings is 1. The molecular formula is C17H22FN3O2. The molecule has 2 amide bonds. The molecular weight excluding hydrogens is 297 g/mol. The molecule has 0 spiro atoms. The maximum atomic E-state index is 14.3. The van der Waals surface area contributed by atoms with E-state index < -0.39 is 5.82 Å². The molecule has 1 aromatic rings. The summed E-state index contributed by atoms with van der Waals surface area (Å²) >= 11 is 0. The first kappa shape index (κ1) is 15.9. The van der Waals surface area contributed by atoms with Gasteiger partial charge in [0.1, 0.15) is 5.82 Å². The van der Waals surface area contributed by atoms with Gasteiger partial charge < -0.3 is 15.5 Å². The van der Waals surface area contributed by atoms with Crippen molar-refractivity contribution in [3.8, 4) is 0 Å². The summed E-state index contributed by atoms with van der Waals surface area (Å²) in [6.07, 6.45) is 2.95. The number of amides is 2. The number of halogens is 1. The summed E-state index contributed by atoms with van der Waals surface area (Å²) in [6, 6.07) is 2.88. The zero-order chi connectivity index (χ0) is 16.4. The molecule has 1 fully saturated rings. The minimum Gasteiger partial charge on any atom is -0.338 e. The van der Waals surface area contributed by atoms with Gasteiger partial charge in [0.25, 0.3) is 5.91 Å². The van der Waals surface area contributed by atoms with Crippen LogP contribution in [0.5, 0.6) is 0 Å². The summed E-state index contributed by atoms with van der Waals surface area (Å²) in [6.45, 7) is 2.20. The van der Waals surface area contributed by atoms with Crippen molar-refractivity contribution < 1.29 is 14.0 Å². The Bertz CT molecular complexity index is 631. The van der Waals surface area contributed by atoms with Gasteiger partial charge in [0.15, 0.2) is 0 Å². The van der Waals surface area contributed by atoms with Gasteiger partial charge in [0.2, 0.25) is 5.91 Å². The molecule has 6 heteroatoms. The van der Waals surface area contributed by atoms with Crippen LogP contribution in [0.4, 0.5) is 10.1 Å². The highest BCUT2D eigenvalue weighted by Gasteiger charge is 2.27. The number of nitrogens with one attached hydrogen (secondary N) is 2. The molecule has 2 aliphatic rings. The molecule has 1 aromatic carbocycles. The first-order valence-electron chi connectivity index (χ1n) is 8.14. The molecule has 1 saturated heterocycles. The molecule has 1 atom stereocenters. The summed E-state index contributed by atoms with van der Waals surface area (Å²) in [7, 11) is 1.90. The summed E-state index contributed by atoms with van der Waals surface area (Å²) in [5, 5.41) is 5.80. The van der Waals surface area contributed by atoms with Gasteiger partial charge in [-0.05, 0) is 56.5 Å². The van der Waals surface area contributed by atoms with Gasteiger partial charge in [0.05, 0.1) is 5.56 Å². The summed E-state index contributed by atoms with van der Waals surface area (Å²) < 4.78 is 14.3. The third-order valence-electron chi connectivity index (χ3n) is 4.62. The van der Waals surface area contributed by atoms with Crippen LogP contribution < -0.4 is 10.6 Å². The van der Waals surface area contributed by atoms with Crippen LogP contribution >= 0.6 is 0 Å². The van der Waals surface area contributed by atoms with Crippen molar-refractivity contribution in [2.45, 2.75) is 25.7 Å². The highest BCUT2D eigenvalue weighted by atomic mass is 19.1. The summed E-state index contributed by atoms with van der Waals surface area (Å²) in [5.41, 5.74) is 1.44. The molecule has 1 unspecified atom stereocenters. The Hall–Kier alpha value is -1.95. The Kier molecular flexibility index (Phi) is 4.61. The van der Waals surface area contributed by atoms with E-state index in [0.717, 1.165) is 24.9 Å². The molecule has 124 valence electrons. The van der Waals surface area contributed by atoms with Crippen LogP contribution in [0, 0.1) is 11.7 Å².